The molecule has 6 aromatic carbocycles. The number of hydrogen-bond donors (Lipinski definition) is 8. The van der Waals surface area contributed by atoms with Crippen molar-refractivity contribution in [2.75, 3.05) is 139 Å². The molecule has 3 fully saturated rings. The van der Waals surface area contributed by atoms with Gasteiger partial charge in [0.2, 0.25) is 11.8 Å². The van der Waals surface area contributed by atoms with Gasteiger partial charge in [-0.1, -0.05) is 82.3 Å². The number of likely N-dealkylation sites (N-methyl/N-ethyl adjacent to an activating group) is 3. The van der Waals surface area contributed by atoms with Crippen LogP contribution in [0.15, 0.2) is 121 Å². The number of aromatic nitrogens is 3. The van der Waals surface area contributed by atoms with Gasteiger partial charge >= 0.3 is 18.2 Å². The molecular weight excluding hydrogens is 1540 g/mol. The molecule has 5 aliphatic rings. The second kappa shape index (κ2) is 40.6. The molecule has 6 heterocycles. The largest absolute Gasteiger partial charge is 0.445 e. The lowest BCUT2D eigenvalue weighted by atomic mass is 9.95. The Hall–Kier alpha value is -9.75. The third-order valence-electron chi connectivity index (χ3n) is 22.9. The number of unbranched alkanes of at least 4 members (excludes halogenated alkanes) is 1. The zero-order valence-corrected chi connectivity index (χ0v) is 69.8. The van der Waals surface area contributed by atoms with Crippen LogP contribution in [-0.2, 0) is 37.2 Å². The number of amides is 9. The Kier molecular flexibility index (Phi) is 29.5. The number of anilines is 4. The standard InChI is InChI=1S/C87H109ClN16O11S2/c1-55(2)79(90-34-35-91-80(105)58-25-31-68-70(46-58)97-73-54-117-77-20-9-7-6-8-19-76(77)116-53-72(73)96-68)83(108)98-69(18-14-33-92-85(89)110)82(107)93-61-26-21-56(22-27-61)52-114-86(111)100(4)51-64(15-12-13-36-102-41-43-113-44-42-102)101(5)87(112)115-75-48-74-78(66-17-11-10-16-65(66)75)60(49-88)50-104(74)84(109)71-47-59-45-62(28-32-67(59)95-71)94-81(106)57-23-29-63(30-24-57)103-39-37-99(3)38-40-103/h10-11,16-17,21-32,45-48,55,60,64,69,76-77,79,90,95H,6-9,12-15,18-20,33-44,49-54H2,1-5H3,(H,91,105)(H,93,107)(H,94,106)(H,98,108)(H3,89,92,110)/t60-,64+,69-,76?,77?,79-/m1/s1. The molecule has 13 rings (SSSR count). The molecule has 30 heteroatoms. The lowest BCUT2D eigenvalue weighted by Crippen LogP contribution is -2.54. The minimum atomic E-state index is -1.03. The first kappa shape index (κ1) is 85.1. The van der Waals surface area contributed by atoms with Gasteiger partial charge in [0.25, 0.3) is 17.7 Å². The Morgan fingerprint density at radius 2 is 1.39 bits per heavy atom. The van der Waals surface area contributed by atoms with Gasteiger partial charge in [-0.2, -0.15) is 23.5 Å². The molecule has 2 unspecified atom stereocenters. The highest BCUT2D eigenvalue weighted by Crippen LogP contribution is 2.47. The summed E-state index contributed by atoms with van der Waals surface area (Å²) in [5.74, 6) is -0.151. The number of urea groups is 1. The van der Waals surface area contributed by atoms with Crippen molar-refractivity contribution in [3.05, 3.63) is 161 Å². The Balaban J connectivity index is 0.613. The maximum Gasteiger partial charge on any atom is 0.415 e. The van der Waals surface area contributed by atoms with E-state index in [0.29, 0.717) is 92.4 Å². The molecule has 2 aromatic heterocycles. The number of ether oxygens (including phenoxy) is 3. The third kappa shape index (κ3) is 22.2. The van der Waals surface area contributed by atoms with Crippen LogP contribution in [0.5, 0.6) is 5.75 Å². The fourth-order valence-electron chi connectivity index (χ4n) is 16.1. The van der Waals surface area contributed by atoms with E-state index in [4.69, 9.17) is 41.5 Å². The topological polar surface area (TPSA) is 323 Å². The molecule has 117 heavy (non-hydrogen) atoms. The molecule has 6 atom stereocenters. The summed E-state index contributed by atoms with van der Waals surface area (Å²) in [6, 6.07) is 33.3. The third-order valence-corrected chi connectivity index (χ3v) is 26.3. The van der Waals surface area contributed by atoms with Crippen molar-refractivity contribution in [1.82, 2.24) is 55.8 Å². The monoisotopic (exact) mass is 1650 g/mol. The molecule has 8 aromatic rings. The SMILES string of the molecule is CC(C)[C@@H](NCCNC(=O)c1ccc2nc3c(nc2c1)CSC1CCCCCCC1SC3)C(=O)N[C@H](CCCNC(N)=O)C(=O)Nc1ccc(COC(=O)N(C)C[C@H](CCCCN2CCOCC2)N(C)C(=O)Oc2cc3c(c4ccccc24)[C@H](CCl)CN3C(=O)c2cc3cc(NC(=O)c4ccc(N5CCN(C)CC5)cc4)ccc3[nH]2)cc1. The van der Waals surface area contributed by atoms with Gasteiger partial charge in [0, 0.05) is 170 Å². The summed E-state index contributed by atoms with van der Waals surface area (Å²) >= 11 is 10.8. The van der Waals surface area contributed by atoms with Crippen molar-refractivity contribution in [1.29, 1.82) is 0 Å². The van der Waals surface area contributed by atoms with E-state index in [9.17, 15) is 38.4 Å². The number of alkyl halides is 1. The summed E-state index contributed by atoms with van der Waals surface area (Å²) in [4.78, 5) is 136. The molecule has 2 saturated heterocycles. The molecule has 1 aliphatic carbocycles. The van der Waals surface area contributed by atoms with Crippen LogP contribution in [0.25, 0.3) is 32.7 Å². The van der Waals surface area contributed by atoms with E-state index in [1.165, 1.54) is 48.3 Å². The van der Waals surface area contributed by atoms with Crippen LogP contribution in [0.4, 0.5) is 37.1 Å². The number of carbonyl (C=O) groups excluding carboxylic acids is 8. The van der Waals surface area contributed by atoms with Gasteiger partial charge in [0.1, 0.15) is 24.1 Å². The molecule has 4 aliphatic heterocycles. The number of primary amides is 1. The minimum absolute atomic E-state index is 0.0908. The summed E-state index contributed by atoms with van der Waals surface area (Å²) in [5.41, 5.74) is 14.9. The van der Waals surface area contributed by atoms with Crippen LogP contribution in [-0.4, -0.2) is 230 Å². The number of rotatable bonds is 30. The maximum absolute atomic E-state index is 14.9. The van der Waals surface area contributed by atoms with E-state index in [1.807, 2.05) is 104 Å². The van der Waals surface area contributed by atoms with Crippen molar-refractivity contribution in [2.45, 2.75) is 137 Å². The van der Waals surface area contributed by atoms with Crippen LogP contribution in [0.2, 0.25) is 0 Å². The molecule has 0 radical (unpaired) electrons. The van der Waals surface area contributed by atoms with Crippen LogP contribution in [0.1, 0.15) is 144 Å². The number of nitrogens with two attached hydrogens (primary N) is 1. The Bertz CT molecular complexity index is 4830. The number of H-pyrrole nitrogens is 1. The predicted octanol–water partition coefficient (Wildman–Crippen LogP) is 12.3. The number of aromatic amines is 1. The lowest BCUT2D eigenvalue weighted by molar-refractivity contribution is -0.128. The number of hydrogen-bond acceptors (Lipinski definition) is 19. The lowest BCUT2D eigenvalue weighted by Gasteiger charge is -2.34. The molecular formula is C87H109ClN16O11S2. The van der Waals surface area contributed by atoms with Crippen LogP contribution in [0.3, 0.4) is 0 Å². The number of thioether (sulfide) groups is 2. The summed E-state index contributed by atoms with van der Waals surface area (Å²) in [5, 5.41) is 21.1. The van der Waals surface area contributed by atoms with Gasteiger partial charge < -0.3 is 81.3 Å². The van der Waals surface area contributed by atoms with Gasteiger partial charge in [-0.05, 0) is 153 Å². The molecule has 622 valence electrons. The number of fused-ring (bicyclic) bond motifs is 7. The number of morpholine rings is 1. The van der Waals surface area contributed by atoms with E-state index >= 15 is 0 Å². The number of benzene rings is 6. The van der Waals surface area contributed by atoms with Crippen LogP contribution < -0.4 is 52.2 Å². The smallest absolute Gasteiger partial charge is 0.415 e. The first-order chi connectivity index (χ1) is 56.7. The second-order valence-corrected chi connectivity index (χ2v) is 34.3. The summed E-state index contributed by atoms with van der Waals surface area (Å²) in [6.45, 7) is 12.3. The molecule has 0 bridgehead atoms. The zero-order valence-electron chi connectivity index (χ0n) is 67.4. The maximum atomic E-state index is 14.9. The predicted molar refractivity (Wildman–Crippen MR) is 463 cm³/mol. The van der Waals surface area contributed by atoms with Gasteiger partial charge in [-0.15, -0.1) is 11.6 Å². The molecule has 27 nitrogen and oxygen atoms in total. The highest BCUT2D eigenvalue weighted by molar-refractivity contribution is 8.03. The van der Waals surface area contributed by atoms with E-state index in [-0.39, 0.29) is 86.9 Å². The van der Waals surface area contributed by atoms with E-state index < -0.39 is 48.2 Å². The summed E-state index contributed by atoms with van der Waals surface area (Å²) in [7, 11) is 5.39. The van der Waals surface area contributed by atoms with Crippen LogP contribution >= 0.6 is 35.1 Å². The number of carbonyl (C=O) groups is 8. The van der Waals surface area contributed by atoms with Crippen molar-refractivity contribution < 1.29 is 52.6 Å². The fourth-order valence-corrected chi connectivity index (χ4v) is 19.4. The van der Waals surface area contributed by atoms with E-state index in [2.05, 4.69) is 58.6 Å². The minimum Gasteiger partial charge on any atom is -0.445 e. The number of nitrogens with one attached hydrogen (secondary N) is 7. The van der Waals surface area contributed by atoms with Crippen molar-refractivity contribution in [3.63, 3.8) is 0 Å². The second-order valence-electron chi connectivity index (χ2n) is 31.5. The highest BCUT2D eigenvalue weighted by atomic mass is 35.5. The number of piperazine rings is 1. The van der Waals surface area contributed by atoms with Crippen molar-refractivity contribution in [3.8, 4) is 5.75 Å². The number of halogens is 1. The highest BCUT2D eigenvalue weighted by Gasteiger charge is 2.38. The zero-order chi connectivity index (χ0) is 82.1. The van der Waals surface area contributed by atoms with Gasteiger partial charge in [-0.25, -0.2) is 24.4 Å². The summed E-state index contributed by atoms with van der Waals surface area (Å²) in [6.07, 6.45) is 8.89. The quantitative estimate of drug-likeness (QED) is 0.0153. The normalized spacial score (nSPS) is 18.0. The molecule has 0 spiro atoms. The first-order valence-corrected chi connectivity index (χ1v) is 43.7. The fraction of sp³-hybridized carbons (Fsp3) is 0.471. The Labute approximate surface area is 697 Å². The molecule has 9 N–H and O–H groups in total. The Morgan fingerprint density at radius 1 is 0.692 bits per heavy atom. The Morgan fingerprint density at radius 3 is 2.10 bits per heavy atom. The summed E-state index contributed by atoms with van der Waals surface area (Å²) < 4.78 is 17.9. The van der Waals surface area contributed by atoms with Gasteiger partial charge in [-0.3, -0.25) is 28.9 Å². The molecule has 1 saturated carbocycles. The van der Waals surface area contributed by atoms with Gasteiger partial charge in [0.05, 0.1) is 53.4 Å². The van der Waals surface area contributed by atoms with Crippen molar-refractivity contribution >= 4 is 138 Å². The first-order valence-electron chi connectivity index (χ1n) is 41.0. The van der Waals surface area contributed by atoms with Crippen molar-refractivity contribution in [2.24, 2.45) is 11.7 Å². The van der Waals surface area contributed by atoms with Gasteiger partial charge in [0.15, 0.2) is 0 Å². The molecule has 9 amide bonds. The van der Waals surface area contributed by atoms with Crippen LogP contribution in [0, 0.1) is 5.92 Å². The van der Waals surface area contributed by atoms with E-state index in [1.54, 1.807) is 73.6 Å². The van der Waals surface area contributed by atoms with E-state index in [0.717, 1.165) is 109 Å². The number of nitrogens with zero attached hydrogens (tertiary/aromatic N) is 8. The average molecular weight is 1650 g/mol. The average Bonchev–Trinajstić information content (AvgIpc) is 1.60.